The van der Waals surface area contributed by atoms with Crippen molar-refractivity contribution in [2.45, 2.75) is 44.8 Å². The lowest BCUT2D eigenvalue weighted by atomic mass is 10.1. The second-order valence-electron chi connectivity index (χ2n) is 5.45. The van der Waals surface area contributed by atoms with Crippen LogP contribution >= 0.6 is 15.9 Å². The molecule has 8 heteroatoms. The molecule has 1 aromatic rings. The van der Waals surface area contributed by atoms with Crippen LogP contribution in [0.4, 0.5) is 13.2 Å². The molecule has 3 nitrogen and oxygen atoms in total. The van der Waals surface area contributed by atoms with Crippen LogP contribution in [0.15, 0.2) is 22.7 Å². The summed E-state index contributed by atoms with van der Waals surface area (Å²) in [6, 6.07) is 3.79. The average Bonchev–Trinajstić information content (AvgIpc) is 2.24. The summed E-state index contributed by atoms with van der Waals surface area (Å²) in [6.07, 6.45) is -4.78. The lowest BCUT2D eigenvalue weighted by molar-refractivity contribution is -0.275. The first-order chi connectivity index (χ1) is 9.40. The Kier molecular flexibility index (Phi) is 5.85. The van der Waals surface area contributed by atoms with Gasteiger partial charge in [0.1, 0.15) is 5.75 Å². The number of rotatable bonds is 4. The minimum Gasteiger partial charge on any atom is -0.405 e. The van der Waals surface area contributed by atoms with E-state index in [4.69, 9.17) is 0 Å². The Morgan fingerprint density at radius 3 is 2.33 bits per heavy atom. The molecule has 0 fully saturated rings. The monoisotopic (exact) mass is 387 g/mol. The Balaban J connectivity index is 3.04. The van der Waals surface area contributed by atoms with Crippen molar-refractivity contribution in [3.63, 3.8) is 0 Å². The highest BCUT2D eigenvalue weighted by Gasteiger charge is 2.33. The van der Waals surface area contributed by atoms with Crippen LogP contribution in [0.1, 0.15) is 39.3 Å². The van der Waals surface area contributed by atoms with Gasteiger partial charge in [-0.25, -0.2) is 8.93 Å². The van der Waals surface area contributed by atoms with Crippen molar-refractivity contribution in [1.82, 2.24) is 4.72 Å². The number of hydrogen-bond acceptors (Lipinski definition) is 2. The second-order valence-corrected chi connectivity index (χ2v) is 8.36. The van der Waals surface area contributed by atoms with E-state index in [1.165, 1.54) is 12.1 Å². The fourth-order valence-electron chi connectivity index (χ4n) is 1.48. The zero-order chi connectivity index (χ0) is 16.4. The number of halogens is 4. The van der Waals surface area contributed by atoms with Crippen molar-refractivity contribution >= 4 is 26.9 Å². The molecular weight excluding hydrogens is 371 g/mol. The van der Waals surface area contributed by atoms with Crippen LogP contribution in [-0.4, -0.2) is 15.3 Å². The van der Waals surface area contributed by atoms with E-state index in [0.29, 0.717) is 4.47 Å². The quantitative estimate of drug-likeness (QED) is 0.827. The highest BCUT2D eigenvalue weighted by atomic mass is 79.9. The zero-order valence-corrected chi connectivity index (χ0v) is 14.4. The first-order valence-corrected chi connectivity index (χ1v) is 8.07. The first-order valence-electron chi connectivity index (χ1n) is 6.13. The molecule has 0 aliphatic heterocycles. The van der Waals surface area contributed by atoms with E-state index in [1.54, 1.807) is 33.8 Å². The molecule has 0 aliphatic carbocycles. The number of hydrogen-bond donors (Lipinski definition) is 1. The smallest absolute Gasteiger partial charge is 0.405 e. The first kappa shape index (κ1) is 18.4. The predicted octanol–water partition coefficient (Wildman–Crippen LogP) is 4.46. The van der Waals surface area contributed by atoms with E-state index in [1.807, 2.05) is 0 Å². The SMILES string of the molecule is C[C@H](NS(=O)C(C)(C)C)c1ccc(Br)cc1OC(F)(F)F. The van der Waals surface area contributed by atoms with Crippen molar-refractivity contribution in [1.29, 1.82) is 0 Å². The molecule has 0 heterocycles. The van der Waals surface area contributed by atoms with Crippen molar-refractivity contribution in [2.24, 2.45) is 0 Å². The normalized spacial score (nSPS) is 15.6. The molecule has 1 N–H and O–H groups in total. The van der Waals surface area contributed by atoms with Crippen LogP contribution in [0.25, 0.3) is 0 Å². The molecular formula is C13H17BrF3NO2S. The largest absolute Gasteiger partial charge is 0.573 e. The molecule has 0 saturated heterocycles. The summed E-state index contributed by atoms with van der Waals surface area (Å²) in [5, 5.41) is 0. The molecule has 2 atom stereocenters. The van der Waals surface area contributed by atoms with E-state index in [9.17, 15) is 17.4 Å². The van der Waals surface area contributed by atoms with Crippen LogP contribution in [0.3, 0.4) is 0 Å². The molecule has 0 radical (unpaired) electrons. The molecule has 21 heavy (non-hydrogen) atoms. The Hall–Kier alpha value is -0.600. The minimum atomic E-state index is -4.78. The number of alkyl halides is 3. The van der Waals surface area contributed by atoms with Gasteiger partial charge in [0.15, 0.2) is 0 Å². The molecule has 1 rings (SSSR count). The van der Waals surface area contributed by atoms with Crippen LogP contribution in [0.2, 0.25) is 0 Å². The fourth-order valence-corrected chi connectivity index (χ4v) is 2.62. The van der Waals surface area contributed by atoms with Gasteiger partial charge in [0.05, 0.1) is 15.7 Å². The third-order valence-corrected chi connectivity index (χ3v) is 4.68. The van der Waals surface area contributed by atoms with Gasteiger partial charge in [-0.2, -0.15) is 0 Å². The van der Waals surface area contributed by atoms with Gasteiger partial charge in [-0.15, -0.1) is 13.2 Å². The van der Waals surface area contributed by atoms with Gasteiger partial charge in [-0.05, 0) is 39.8 Å². The maximum Gasteiger partial charge on any atom is 0.573 e. The van der Waals surface area contributed by atoms with E-state index in [0.717, 1.165) is 0 Å². The summed E-state index contributed by atoms with van der Waals surface area (Å²) in [6.45, 7) is 6.96. The maximum atomic E-state index is 12.5. The van der Waals surface area contributed by atoms with Crippen LogP contribution in [0.5, 0.6) is 5.75 Å². The predicted molar refractivity (Wildman–Crippen MR) is 80.3 cm³/mol. The Morgan fingerprint density at radius 2 is 1.86 bits per heavy atom. The van der Waals surface area contributed by atoms with Crippen LogP contribution < -0.4 is 9.46 Å². The van der Waals surface area contributed by atoms with Crippen LogP contribution in [-0.2, 0) is 11.0 Å². The summed E-state index contributed by atoms with van der Waals surface area (Å²) in [7, 11) is -1.40. The Bertz CT molecular complexity index is 529. The van der Waals surface area contributed by atoms with E-state index in [2.05, 4.69) is 25.4 Å². The molecule has 0 spiro atoms. The lowest BCUT2D eigenvalue weighted by Crippen LogP contribution is -2.35. The third kappa shape index (κ3) is 5.96. The summed E-state index contributed by atoms with van der Waals surface area (Å²) in [5.74, 6) is -0.317. The van der Waals surface area contributed by atoms with Crippen molar-refractivity contribution in [2.75, 3.05) is 0 Å². The lowest BCUT2D eigenvalue weighted by Gasteiger charge is -2.23. The van der Waals surface area contributed by atoms with E-state index in [-0.39, 0.29) is 11.3 Å². The van der Waals surface area contributed by atoms with Gasteiger partial charge in [0, 0.05) is 16.1 Å². The topological polar surface area (TPSA) is 38.3 Å². The van der Waals surface area contributed by atoms with Gasteiger partial charge in [-0.3, -0.25) is 0 Å². The van der Waals surface area contributed by atoms with Gasteiger partial charge in [0.25, 0.3) is 0 Å². The van der Waals surface area contributed by atoms with E-state index < -0.39 is 28.1 Å². The molecule has 120 valence electrons. The highest BCUT2D eigenvalue weighted by Crippen LogP contribution is 2.33. The average molecular weight is 388 g/mol. The van der Waals surface area contributed by atoms with Gasteiger partial charge in [0.2, 0.25) is 0 Å². The maximum absolute atomic E-state index is 12.5. The number of ether oxygens (including phenoxy) is 1. The summed E-state index contributed by atoms with van der Waals surface area (Å²) < 4.78 is 56.2. The molecule has 0 bridgehead atoms. The van der Waals surface area contributed by atoms with Crippen LogP contribution in [0, 0.1) is 0 Å². The Labute approximate surface area is 133 Å². The van der Waals surface area contributed by atoms with Crippen molar-refractivity contribution in [3.8, 4) is 5.75 Å². The molecule has 0 saturated carbocycles. The third-order valence-electron chi connectivity index (χ3n) is 2.51. The van der Waals surface area contributed by atoms with E-state index >= 15 is 0 Å². The summed E-state index contributed by atoms with van der Waals surface area (Å²) in [5.41, 5.74) is 0.285. The minimum absolute atomic E-state index is 0.285. The molecule has 1 unspecified atom stereocenters. The summed E-state index contributed by atoms with van der Waals surface area (Å²) in [4.78, 5) is 0. The molecule has 1 aromatic carbocycles. The molecule has 0 amide bonds. The van der Waals surface area contributed by atoms with Gasteiger partial charge < -0.3 is 4.74 Å². The fraction of sp³-hybridized carbons (Fsp3) is 0.538. The highest BCUT2D eigenvalue weighted by molar-refractivity contribution is 9.10. The van der Waals surface area contributed by atoms with Gasteiger partial charge in [-0.1, -0.05) is 22.0 Å². The molecule has 0 aromatic heterocycles. The second kappa shape index (κ2) is 6.66. The Morgan fingerprint density at radius 1 is 1.29 bits per heavy atom. The summed E-state index contributed by atoms with van der Waals surface area (Å²) >= 11 is 3.11. The molecule has 0 aliphatic rings. The standard InChI is InChI=1S/C13H17BrF3NO2S/c1-8(18-21(19)12(2,3)4)10-6-5-9(14)7-11(10)20-13(15,16)17/h5-8,18H,1-4H3/t8-,21?/m0/s1. The number of nitrogens with one attached hydrogen (secondary N) is 1. The van der Waals surface area contributed by atoms with Crippen molar-refractivity contribution < 1.29 is 22.1 Å². The van der Waals surface area contributed by atoms with Gasteiger partial charge >= 0.3 is 6.36 Å². The zero-order valence-electron chi connectivity index (χ0n) is 12.0. The number of benzene rings is 1. The van der Waals surface area contributed by atoms with Crippen molar-refractivity contribution in [3.05, 3.63) is 28.2 Å².